The lowest BCUT2D eigenvalue weighted by Gasteiger charge is -2.08. The van der Waals surface area contributed by atoms with Gasteiger partial charge < -0.3 is 4.57 Å². The Labute approximate surface area is 124 Å². The van der Waals surface area contributed by atoms with Crippen molar-refractivity contribution in [1.29, 1.82) is 0 Å². The third-order valence-corrected chi connectivity index (χ3v) is 3.33. The van der Waals surface area contributed by atoms with E-state index in [1.165, 1.54) is 21.6 Å². The lowest BCUT2D eigenvalue weighted by molar-refractivity contribution is 0.511. The summed E-state index contributed by atoms with van der Waals surface area (Å²) in [6.07, 6.45) is 1.54. The van der Waals surface area contributed by atoms with E-state index in [0.717, 1.165) is 6.07 Å². The largest absolute Gasteiger partial charge is 0.316 e. The number of aromatic nitrogens is 5. The van der Waals surface area contributed by atoms with Crippen LogP contribution in [0.5, 0.6) is 0 Å². The Morgan fingerprint density at radius 3 is 2.71 bits per heavy atom. The first-order chi connectivity index (χ1) is 9.97. The molecule has 8 heteroatoms. The summed E-state index contributed by atoms with van der Waals surface area (Å²) in [4.78, 5) is 8.37. The molecule has 0 N–H and O–H groups in total. The zero-order chi connectivity index (χ0) is 15.1. The number of hydrogen-bond donors (Lipinski definition) is 0. The number of halogens is 3. The minimum absolute atomic E-state index is 0.0740. The fourth-order valence-corrected chi connectivity index (χ4v) is 2.40. The average molecular weight is 312 g/mol. The Balaban J connectivity index is 2.22. The maximum Gasteiger partial charge on any atom is 0.184 e. The van der Waals surface area contributed by atoms with Crippen LogP contribution in [0.4, 0.5) is 8.78 Å². The lowest BCUT2D eigenvalue weighted by Crippen LogP contribution is -2.08. The second-order valence-electron chi connectivity index (χ2n) is 4.74. The minimum atomic E-state index is -0.945. The van der Waals surface area contributed by atoms with E-state index in [0.29, 0.717) is 17.2 Å². The highest BCUT2D eigenvalue weighted by atomic mass is 35.5. The van der Waals surface area contributed by atoms with Crippen LogP contribution in [0.2, 0.25) is 0 Å². The molecule has 3 aromatic rings. The van der Waals surface area contributed by atoms with Gasteiger partial charge in [0.25, 0.3) is 0 Å². The molecule has 1 unspecified atom stereocenters. The average Bonchev–Trinajstić information content (AvgIpc) is 2.99. The van der Waals surface area contributed by atoms with Crippen molar-refractivity contribution in [2.45, 2.75) is 18.8 Å². The third kappa shape index (κ3) is 2.37. The molecule has 0 aliphatic heterocycles. The molecule has 0 amide bonds. The van der Waals surface area contributed by atoms with Gasteiger partial charge in [0.2, 0.25) is 0 Å². The topological polar surface area (TPSA) is 48.5 Å². The van der Waals surface area contributed by atoms with Crippen LogP contribution in [0.3, 0.4) is 0 Å². The van der Waals surface area contributed by atoms with Gasteiger partial charge in [0.05, 0.1) is 17.4 Å². The maximum atomic E-state index is 14.1. The number of rotatable bonds is 3. The molecule has 0 aliphatic carbocycles. The monoisotopic (exact) mass is 311 g/mol. The number of alkyl halides is 1. The van der Waals surface area contributed by atoms with Crippen LogP contribution in [-0.2, 0) is 13.6 Å². The van der Waals surface area contributed by atoms with Crippen molar-refractivity contribution in [2.24, 2.45) is 7.05 Å². The maximum absolute atomic E-state index is 14.1. The second-order valence-corrected chi connectivity index (χ2v) is 5.39. The first-order valence-electron chi connectivity index (χ1n) is 6.30. The van der Waals surface area contributed by atoms with E-state index < -0.39 is 17.0 Å². The summed E-state index contributed by atoms with van der Waals surface area (Å²) >= 11 is 6.10. The fraction of sp³-hybridized carbons (Fsp3) is 0.308. The molecule has 3 rings (SSSR count). The molecule has 2 aromatic heterocycles. The van der Waals surface area contributed by atoms with Crippen LogP contribution >= 0.6 is 11.6 Å². The molecule has 0 bridgehead atoms. The van der Waals surface area contributed by atoms with E-state index in [1.807, 2.05) is 0 Å². The highest BCUT2D eigenvalue weighted by Gasteiger charge is 2.21. The van der Waals surface area contributed by atoms with E-state index in [9.17, 15) is 8.78 Å². The Hall–Kier alpha value is -2.02. The van der Waals surface area contributed by atoms with Crippen molar-refractivity contribution in [3.63, 3.8) is 0 Å². The third-order valence-electron chi connectivity index (χ3n) is 3.13. The van der Waals surface area contributed by atoms with Gasteiger partial charge in [-0.2, -0.15) is 5.10 Å². The number of benzene rings is 1. The van der Waals surface area contributed by atoms with Crippen molar-refractivity contribution >= 4 is 22.6 Å². The molecule has 21 heavy (non-hydrogen) atoms. The summed E-state index contributed by atoms with van der Waals surface area (Å²) in [5.41, 5.74) is 0.428. The van der Waals surface area contributed by atoms with Crippen LogP contribution in [0, 0.1) is 11.6 Å². The standard InChI is InChI=1S/C13H12ClF2N5/c1-7(14)13-18-9-4-3-8(15)11(16)12(9)21(13)5-10-17-6-20(2)19-10/h3-4,6-7H,5H2,1-2H3. The van der Waals surface area contributed by atoms with Gasteiger partial charge in [0, 0.05) is 7.05 Å². The number of nitrogens with zero attached hydrogens (tertiary/aromatic N) is 5. The van der Waals surface area contributed by atoms with E-state index in [-0.39, 0.29) is 12.1 Å². The summed E-state index contributed by atoms with van der Waals surface area (Å²) in [6, 6.07) is 2.48. The Morgan fingerprint density at radius 2 is 2.10 bits per heavy atom. The second kappa shape index (κ2) is 5.07. The van der Waals surface area contributed by atoms with Gasteiger partial charge in [-0.3, -0.25) is 4.68 Å². The normalized spacial score (nSPS) is 13.0. The van der Waals surface area contributed by atoms with Crippen LogP contribution in [0.1, 0.15) is 23.9 Å². The van der Waals surface area contributed by atoms with Crippen molar-refractivity contribution in [3.05, 3.63) is 41.7 Å². The molecule has 0 saturated carbocycles. The highest BCUT2D eigenvalue weighted by Crippen LogP contribution is 2.27. The highest BCUT2D eigenvalue weighted by molar-refractivity contribution is 6.20. The summed E-state index contributed by atoms with van der Waals surface area (Å²) in [7, 11) is 1.73. The van der Waals surface area contributed by atoms with Crippen molar-refractivity contribution in [1.82, 2.24) is 24.3 Å². The SMILES string of the molecule is CC(Cl)c1nc2ccc(F)c(F)c2n1Cc1ncn(C)n1. The van der Waals surface area contributed by atoms with E-state index in [2.05, 4.69) is 15.1 Å². The Kier molecular flexibility index (Phi) is 3.36. The number of imidazole rings is 1. The van der Waals surface area contributed by atoms with E-state index in [4.69, 9.17) is 11.6 Å². The van der Waals surface area contributed by atoms with Crippen LogP contribution in [0.25, 0.3) is 11.0 Å². The first kappa shape index (κ1) is 13.9. The van der Waals surface area contributed by atoms with Gasteiger partial charge in [-0.15, -0.1) is 11.6 Å². The molecular formula is C13H12ClF2N5. The Bertz CT molecular complexity index is 808. The van der Waals surface area contributed by atoms with Crippen LogP contribution < -0.4 is 0 Å². The summed E-state index contributed by atoms with van der Waals surface area (Å²) in [5.74, 6) is -0.950. The molecule has 110 valence electrons. The molecule has 0 saturated heterocycles. The number of fused-ring (bicyclic) bond motifs is 1. The van der Waals surface area contributed by atoms with Crippen molar-refractivity contribution in [2.75, 3.05) is 0 Å². The predicted octanol–water partition coefficient (Wildman–Crippen LogP) is 2.79. The smallest absolute Gasteiger partial charge is 0.184 e. The fourth-order valence-electron chi connectivity index (χ4n) is 2.24. The quantitative estimate of drug-likeness (QED) is 0.699. The summed E-state index contributed by atoms with van der Waals surface area (Å²) < 4.78 is 30.7. The van der Waals surface area contributed by atoms with Gasteiger partial charge in [-0.25, -0.2) is 18.7 Å². The van der Waals surface area contributed by atoms with Gasteiger partial charge in [0.1, 0.15) is 17.7 Å². The molecule has 5 nitrogen and oxygen atoms in total. The minimum Gasteiger partial charge on any atom is -0.316 e. The molecule has 0 aliphatic rings. The molecule has 1 aromatic carbocycles. The number of aryl methyl sites for hydroxylation is 1. The van der Waals surface area contributed by atoms with Crippen molar-refractivity contribution < 1.29 is 8.78 Å². The van der Waals surface area contributed by atoms with Gasteiger partial charge in [-0.1, -0.05) is 0 Å². The van der Waals surface area contributed by atoms with Gasteiger partial charge in [0.15, 0.2) is 17.5 Å². The predicted molar refractivity (Wildman–Crippen MR) is 74.0 cm³/mol. The molecule has 0 fully saturated rings. The molecule has 0 radical (unpaired) electrons. The summed E-state index contributed by atoms with van der Waals surface area (Å²) in [6.45, 7) is 1.89. The van der Waals surface area contributed by atoms with Gasteiger partial charge in [-0.05, 0) is 19.1 Å². The van der Waals surface area contributed by atoms with Crippen LogP contribution in [-0.4, -0.2) is 24.3 Å². The zero-order valence-electron chi connectivity index (χ0n) is 11.4. The van der Waals surface area contributed by atoms with Crippen LogP contribution in [0.15, 0.2) is 18.5 Å². The van der Waals surface area contributed by atoms with Crippen molar-refractivity contribution in [3.8, 4) is 0 Å². The lowest BCUT2D eigenvalue weighted by atomic mass is 10.3. The Morgan fingerprint density at radius 1 is 1.33 bits per heavy atom. The molecular weight excluding hydrogens is 300 g/mol. The molecule has 1 atom stereocenters. The first-order valence-corrected chi connectivity index (χ1v) is 6.73. The molecule has 0 spiro atoms. The number of hydrogen-bond acceptors (Lipinski definition) is 3. The summed E-state index contributed by atoms with van der Waals surface area (Å²) in [5, 5.41) is 3.69. The zero-order valence-corrected chi connectivity index (χ0v) is 12.1. The van der Waals surface area contributed by atoms with E-state index in [1.54, 1.807) is 14.0 Å². The van der Waals surface area contributed by atoms with E-state index >= 15 is 0 Å². The molecule has 2 heterocycles. The van der Waals surface area contributed by atoms with Gasteiger partial charge >= 0.3 is 0 Å².